The lowest BCUT2D eigenvalue weighted by atomic mass is 10.1. The third kappa shape index (κ3) is 1.73. The maximum absolute atomic E-state index is 5.85. The Kier molecular flexibility index (Phi) is 2.35. The van der Waals surface area contributed by atoms with Crippen molar-refractivity contribution in [3.05, 3.63) is 35.9 Å². The summed E-state index contributed by atoms with van der Waals surface area (Å²) in [6, 6.07) is 9.79. The SMILES string of the molecule is c1cc2c(cc1N1COc3cc4c(cc3C1)OCO4)OCO2. The highest BCUT2D eigenvalue weighted by atomic mass is 16.7. The molecular formula is C16H13NO5. The molecule has 2 aromatic carbocycles. The molecule has 6 heteroatoms. The second-order valence-corrected chi connectivity index (χ2v) is 5.32. The van der Waals surface area contributed by atoms with E-state index >= 15 is 0 Å². The van der Waals surface area contributed by atoms with Crippen molar-refractivity contribution >= 4 is 5.69 Å². The molecule has 0 radical (unpaired) electrons. The van der Waals surface area contributed by atoms with Crippen LogP contribution >= 0.6 is 0 Å². The first-order valence-electron chi connectivity index (χ1n) is 7.07. The lowest BCUT2D eigenvalue weighted by molar-refractivity contribution is 0.173. The molecule has 3 aliphatic heterocycles. The van der Waals surface area contributed by atoms with Crippen molar-refractivity contribution in [2.24, 2.45) is 0 Å². The van der Waals surface area contributed by atoms with E-state index in [0.29, 0.717) is 6.73 Å². The molecule has 0 fully saturated rings. The molecule has 22 heavy (non-hydrogen) atoms. The van der Waals surface area contributed by atoms with E-state index in [9.17, 15) is 0 Å². The maximum Gasteiger partial charge on any atom is 0.231 e. The van der Waals surface area contributed by atoms with Gasteiger partial charge in [0.05, 0.1) is 0 Å². The van der Waals surface area contributed by atoms with Gasteiger partial charge < -0.3 is 28.6 Å². The van der Waals surface area contributed by atoms with E-state index in [2.05, 4.69) is 4.90 Å². The summed E-state index contributed by atoms with van der Waals surface area (Å²) in [5.41, 5.74) is 2.11. The molecule has 0 bridgehead atoms. The zero-order chi connectivity index (χ0) is 14.5. The van der Waals surface area contributed by atoms with Crippen molar-refractivity contribution in [2.75, 3.05) is 25.2 Å². The Morgan fingerprint density at radius 3 is 2.27 bits per heavy atom. The first-order valence-corrected chi connectivity index (χ1v) is 7.07. The van der Waals surface area contributed by atoms with E-state index in [1.807, 2.05) is 30.3 Å². The molecule has 0 unspecified atom stereocenters. The average Bonchev–Trinajstić information content (AvgIpc) is 3.19. The van der Waals surface area contributed by atoms with Crippen LogP contribution in [-0.4, -0.2) is 20.3 Å². The van der Waals surface area contributed by atoms with Gasteiger partial charge in [0.25, 0.3) is 0 Å². The van der Waals surface area contributed by atoms with Crippen LogP contribution in [0.4, 0.5) is 5.69 Å². The van der Waals surface area contributed by atoms with Crippen LogP contribution in [0.1, 0.15) is 5.56 Å². The topological polar surface area (TPSA) is 49.4 Å². The summed E-state index contributed by atoms with van der Waals surface area (Å²) in [6.07, 6.45) is 0. The fourth-order valence-electron chi connectivity index (χ4n) is 2.87. The van der Waals surface area contributed by atoms with Gasteiger partial charge in [-0.05, 0) is 18.2 Å². The fraction of sp³-hybridized carbons (Fsp3) is 0.250. The lowest BCUT2D eigenvalue weighted by Gasteiger charge is -2.31. The van der Waals surface area contributed by atoms with Gasteiger partial charge in [0.1, 0.15) is 5.75 Å². The summed E-state index contributed by atoms with van der Waals surface area (Å²) in [5.74, 6) is 3.92. The highest BCUT2D eigenvalue weighted by molar-refractivity contribution is 5.60. The van der Waals surface area contributed by atoms with Crippen molar-refractivity contribution in [1.29, 1.82) is 0 Å². The van der Waals surface area contributed by atoms with E-state index in [-0.39, 0.29) is 13.6 Å². The molecule has 0 spiro atoms. The number of fused-ring (bicyclic) bond motifs is 3. The summed E-state index contributed by atoms with van der Waals surface area (Å²) in [4.78, 5) is 2.13. The molecule has 3 aliphatic rings. The minimum absolute atomic E-state index is 0.268. The molecule has 0 N–H and O–H groups in total. The number of ether oxygens (including phenoxy) is 5. The second kappa shape index (κ2) is 4.37. The summed E-state index contributed by atoms with van der Waals surface area (Å²) in [7, 11) is 0. The number of hydrogen-bond acceptors (Lipinski definition) is 6. The number of benzene rings is 2. The Morgan fingerprint density at radius 2 is 1.41 bits per heavy atom. The third-order valence-electron chi connectivity index (χ3n) is 4.01. The summed E-state index contributed by atoms with van der Waals surface area (Å²) in [5, 5.41) is 0. The van der Waals surface area contributed by atoms with Crippen LogP contribution in [0.3, 0.4) is 0 Å². The minimum atomic E-state index is 0.268. The van der Waals surface area contributed by atoms with Crippen LogP contribution in [0.25, 0.3) is 0 Å². The van der Waals surface area contributed by atoms with E-state index in [1.165, 1.54) is 0 Å². The molecule has 0 aliphatic carbocycles. The molecule has 0 saturated carbocycles. The molecule has 2 aromatic rings. The predicted octanol–water partition coefficient (Wildman–Crippen LogP) is 2.50. The lowest BCUT2D eigenvalue weighted by Crippen LogP contribution is -2.31. The molecule has 5 rings (SSSR count). The van der Waals surface area contributed by atoms with Gasteiger partial charge in [-0.1, -0.05) is 0 Å². The number of anilines is 1. The van der Waals surface area contributed by atoms with Crippen LogP contribution in [0.2, 0.25) is 0 Å². The van der Waals surface area contributed by atoms with Crippen molar-refractivity contribution in [3.8, 4) is 28.7 Å². The molecule has 3 heterocycles. The first kappa shape index (κ1) is 11.9. The average molecular weight is 299 g/mol. The molecular weight excluding hydrogens is 286 g/mol. The summed E-state index contributed by atoms with van der Waals surface area (Å²) < 4.78 is 27.4. The zero-order valence-electron chi connectivity index (χ0n) is 11.7. The van der Waals surface area contributed by atoms with Gasteiger partial charge in [0.15, 0.2) is 29.7 Å². The minimum Gasteiger partial charge on any atom is -0.473 e. The van der Waals surface area contributed by atoms with Crippen molar-refractivity contribution in [1.82, 2.24) is 0 Å². The largest absolute Gasteiger partial charge is 0.473 e. The molecule has 0 aromatic heterocycles. The monoisotopic (exact) mass is 299 g/mol. The molecule has 0 atom stereocenters. The molecule has 0 saturated heterocycles. The standard InChI is InChI=1S/C16H13NO5/c1-2-12-15(21-8-19-12)4-11(1)17-6-10-3-14-16(22-9-20-14)5-13(10)18-7-17/h1-5H,6-9H2. The molecule has 0 amide bonds. The maximum atomic E-state index is 5.85. The summed E-state index contributed by atoms with van der Waals surface area (Å²) in [6.45, 7) is 1.77. The fourth-order valence-corrected chi connectivity index (χ4v) is 2.87. The van der Waals surface area contributed by atoms with Gasteiger partial charge in [0.2, 0.25) is 13.6 Å². The smallest absolute Gasteiger partial charge is 0.231 e. The van der Waals surface area contributed by atoms with E-state index in [4.69, 9.17) is 23.7 Å². The van der Waals surface area contributed by atoms with Gasteiger partial charge >= 0.3 is 0 Å². The van der Waals surface area contributed by atoms with Crippen LogP contribution in [0, 0.1) is 0 Å². The number of nitrogens with zero attached hydrogens (tertiary/aromatic N) is 1. The Morgan fingerprint density at radius 1 is 0.682 bits per heavy atom. The van der Waals surface area contributed by atoms with Crippen LogP contribution in [-0.2, 0) is 6.54 Å². The zero-order valence-corrected chi connectivity index (χ0v) is 11.7. The van der Waals surface area contributed by atoms with Crippen molar-refractivity contribution in [3.63, 3.8) is 0 Å². The first-order chi connectivity index (χ1) is 10.9. The van der Waals surface area contributed by atoms with Crippen LogP contribution in [0.5, 0.6) is 28.7 Å². The van der Waals surface area contributed by atoms with Gasteiger partial charge in [-0.3, -0.25) is 0 Å². The number of rotatable bonds is 1. The highest BCUT2D eigenvalue weighted by Gasteiger charge is 2.24. The normalized spacial score (nSPS) is 17.2. The van der Waals surface area contributed by atoms with Crippen molar-refractivity contribution in [2.45, 2.75) is 6.54 Å². The Hall–Kier alpha value is -2.76. The van der Waals surface area contributed by atoms with Gasteiger partial charge in [0, 0.05) is 29.9 Å². The number of hydrogen-bond donors (Lipinski definition) is 0. The van der Waals surface area contributed by atoms with Crippen LogP contribution in [0.15, 0.2) is 30.3 Å². The van der Waals surface area contributed by atoms with E-state index < -0.39 is 0 Å². The second-order valence-electron chi connectivity index (χ2n) is 5.32. The highest BCUT2D eigenvalue weighted by Crippen LogP contribution is 2.41. The van der Waals surface area contributed by atoms with E-state index in [0.717, 1.165) is 46.5 Å². The Labute approximate surface area is 126 Å². The van der Waals surface area contributed by atoms with Gasteiger partial charge in [-0.25, -0.2) is 0 Å². The Bertz CT molecular complexity index is 760. The third-order valence-corrected chi connectivity index (χ3v) is 4.01. The van der Waals surface area contributed by atoms with Crippen molar-refractivity contribution < 1.29 is 23.7 Å². The quantitative estimate of drug-likeness (QED) is 0.806. The predicted molar refractivity (Wildman–Crippen MR) is 76.8 cm³/mol. The van der Waals surface area contributed by atoms with Gasteiger partial charge in [-0.2, -0.15) is 0 Å². The summed E-state index contributed by atoms with van der Waals surface area (Å²) >= 11 is 0. The molecule has 6 nitrogen and oxygen atoms in total. The van der Waals surface area contributed by atoms with Gasteiger partial charge in [-0.15, -0.1) is 0 Å². The Balaban J connectivity index is 1.47. The molecule has 112 valence electrons. The van der Waals surface area contributed by atoms with E-state index in [1.54, 1.807) is 0 Å². The van der Waals surface area contributed by atoms with Crippen LogP contribution < -0.4 is 28.6 Å².